The smallest absolute Gasteiger partial charge is 0.136 e. The summed E-state index contributed by atoms with van der Waals surface area (Å²) in [5.41, 5.74) is 3.62. The summed E-state index contributed by atoms with van der Waals surface area (Å²) in [5.74, 6) is 1.91. The second-order valence-corrected chi connectivity index (χ2v) is 4.29. The van der Waals surface area contributed by atoms with Gasteiger partial charge in [-0.2, -0.15) is 0 Å². The molecule has 0 atom stereocenters. The lowest BCUT2D eigenvalue weighted by Gasteiger charge is -1.98. The monoisotopic (exact) mass is 225 g/mol. The van der Waals surface area contributed by atoms with Gasteiger partial charge in [0, 0.05) is 22.2 Å². The number of benzene rings is 1. The standard InChI is InChI=1S/C15H15NO/c1-3-12-15(14-9-8-10(2)17-14)11-6-4-5-7-13(11)16-12/h4-9,16H,3H2,1-2H3. The van der Waals surface area contributed by atoms with Crippen LogP contribution in [0.4, 0.5) is 0 Å². The Morgan fingerprint density at radius 1 is 1.12 bits per heavy atom. The minimum atomic E-state index is 0.951. The van der Waals surface area contributed by atoms with Crippen molar-refractivity contribution in [2.45, 2.75) is 20.3 Å². The summed E-state index contributed by atoms with van der Waals surface area (Å²) >= 11 is 0. The van der Waals surface area contributed by atoms with Crippen LogP contribution in [0.1, 0.15) is 18.4 Å². The van der Waals surface area contributed by atoms with E-state index in [-0.39, 0.29) is 0 Å². The van der Waals surface area contributed by atoms with Crippen molar-refractivity contribution in [3.8, 4) is 11.3 Å². The third-order valence-electron chi connectivity index (χ3n) is 3.12. The number of hydrogen-bond acceptors (Lipinski definition) is 1. The molecule has 0 aliphatic rings. The lowest BCUT2D eigenvalue weighted by Crippen LogP contribution is -1.82. The average Bonchev–Trinajstić information content (AvgIpc) is 2.91. The molecular formula is C15H15NO. The van der Waals surface area contributed by atoms with E-state index in [2.05, 4.69) is 36.2 Å². The van der Waals surface area contributed by atoms with Crippen LogP contribution in [-0.4, -0.2) is 4.98 Å². The molecule has 0 aliphatic heterocycles. The maximum atomic E-state index is 5.76. The van der Waals surface area contributed by atoms with E-state index in [4.69, 9.17) is 4.42 Å². The van der Waals surface area contributed by atoms with Crippen LogP contribution in [0.5, 0.6) is 0 Å². The maximum Gasteiger partial charge on any atom is 0.136 e. The molecule has 86 valence electrons. The van der Waals surface area contributed by atoms with Gasteiger partial charge < -0.3 is 9.40 Å². The molecule has 0 spiro atoms. The minimum Gasteiger partial charge on any atom is -0.461 e. The lowest BCUT2D eigenvalue weighted by atomic mass is 10.1. The first-order chi connectivity index (χ1) is 8.29. The van der Waals surface area contributed by atoms with Gasteiger partial charge in [0.25, 0.3) is 0 Å². The van der Waals surface area contributed by atoms with Gasteiger partial charge in [-0.1, -0.05) is 25.1 Å². The fourth-order valence-corrected chi connectivity index (χ4v) is 2.31. The van der Waals surface area contributed by atoms with Gasteiger partial charge in [0.15, 0.2) is 0 Å². The Balaban J connectivity index is 2.33. The van der Waals surface area contributed by atoms with Crippen LogP contribution in [0.25, 0.3) is 22.2 Å². The Kier molecular flexibility index (Phi) is 2.29. The van der Waals surface area contributed by atoms with E-state index in [1.165, 1.54) is 22.2 Å². The number of aromatic nitrogens is 1. The first-order valence-electron chi connectivity index (χ1n) is 5.96. The predicted octanol–water partition coefficient (Wildman–Crippen LogP) is 4.30. The Bertz CT molecular complexity index is 660. The third kappa shape index (κ3) is 1.57. The van der Waals surface area contributed by atoms with Gasteiger partial charge in [-0.3, -0.25) is 0 Å². The van der Waals surface area contributed by atoms with E-state index in [1.54, 1.807) is 0 Å². The van der Waals surface area contributed by atoms with E-state index in [1.807, 2.05) is 19.1 Å². The molecule has 1 aromatic carbocycles. The highest BCUT2D eigenvalue weighted by Gasteiger charge is 2.14. The van der Waals surface area contributed by atoms with Crippen molar-refractivity contribution < 1.29 is 4.42 Å². The summed E-state index contributed by atoms with van der Waals surface area (Å²) in [6.07, 6.45) is 0.976. The highest BCUT2D eigenvalue weighted by atomic mass is 16.3. The maximum absolute atomic E-state index is 5.76. The van der Waals surface area contributed by atoms with Crippen molar-refractivity contribution in [3.05, 3.63) is 47.9 Å². The van der Waals surface area contributed by atoms with Crippen molar-refractivity contribution in [2.75, 3.05) is 0 Å². The summed E-state index contributed by atoms with van der Waals surface area (Å²) < 4.78 is 5.76. The minimum absolute atomic E-state index is 0.951. The fourth-order valence-electron chi connectivity index (χ4n) is 2.31. The quantitative estimate of drug-likeness (QED) is 0.692. The van der Waals surface area contributed by atoms with E-state index in [0.717, 1.165) is 17.9 Å². The molecule has 2 heterocycles. The number of aryl methyl sites for hydroxylation is 2. The molecule has 0 radical (unpaired) electrons. The molecule has 2 heteroatoms. The molecule has 0 bridgehead atoms. The molecule has 2 aromatic heterocycles. The number of nitrogens with one attached hydrogen (secondary N) is 1. The summed E-state index contributed by atoms with van der Waals surface area (Å²) in [7, 11) is 0. The predicted molar refractivity (Wildman–Crippen MR) is 70.1 cm³/mol. The SMILES string of the molecule is CCc1[nH]c2ccccc2c1-c1ccc(C)o1. The summed E-state index contributed by atoms with van der Waals surface area (Å²) in [5, 5.41) is 1.23. The topological polar surface area (TPSA) is 28.9 Å². The van der Waals surface area contributed by atoms with Crippen molar-refractivity contribution in [1.29, 1.82) is 0 Å². The van der Waals surface area contributed by atoms with E-state index < -0.39 is 0 Å². The van der Waals surface area contributed by atoms with Gasteiger partial charge in [0.2, 0.25) is 0 Å². The highest BCUT2D eigenvalue weighted by Crippen LogP contribution is 2.33. The van der Waals surface area contributed by atoms with Crippen molar-refractivity contribution in [3.63, 3.8) is 0 Å². The van der Waals surface area contributed by atoms with Gasteiger partial charge in [0.1, 0.15) is 11.5 Å². The average molecular weight is 225 g/mol. The van der Waals surface area contributed by atoms with Crippen molar-refractivity contribution in [1.82, 2.24) is 4.98 Å². The van der Waals surface area contributed by atoms with E-state index in [9.17, 15) is 0 Å². The zero-order valence-electron chi connectivity index (χ0n) is 10.1. The summed E-state index contributed by atoms with van der Waals surface area (Å²) in [6, 6.07) is 12.4. The second kappa shape index (κ2) is 3.81. The Labute approximate surface area is 100 Å². The Morgan fingerprint density at radius 3 is 2.65 bits per heavy atom. The molecule has 0 saturated heterocycles. The van der Waals surface area contributed by atoms with Gasteiger partial charge in [-0.15, -0.1) is 0 Å². The largest absolute Gasteiger partial charge is 0.461 e. The van der Waals surface area contributed by atoms with Crippen LogP contribution in [0.2, 0.25) is 0 Å². The van der Waals surface area contributed by atoms with Crippen LogP contribution in [0, 0.1) is 6.92 Å². The van der Waals surface area contributed by atoms with Crippen molar-refractivity contribution in [2.24, 2.45) is 0 Å². The Hall–Kier alpha value is -1.96. The van der Waals surface area contributed by atoms with Crippen LogP contribution < -0.4 is 0 Å². The molecule has 0 fully saturated rings. The molecule has 0 saturated carbocycles. The zero-order valence-corrected chi connectivity index (χ0v) is 10.1. The summed E-state index contributed by atoms with van der Waals surface area (Å²) in [6.45, 7) is 4.13. The molecule has 3 aromatic rings. The molecule has 3 rings (SSSR count). The molecule has 17 heavy (non-hydrogen) atoms. The number of rotatable bonds is 2. The molecule has 0 aliphatic carbocycles. The van der Waals surface area contributed by atoms with E-state index in [0.29, 0.717) is 0 Å². The number of fused-ring (bicyclic) bond motifs is 1. The number of para-hydroxylation sites is 1. The second-order valence-electron chi connectivity index (χ2n) is 4.29. The zero-order chi connectivity index (χ0) is 11.8. The van der Waals surface area contributed by atoms with Crippen LogP contribution in [0.3, 0.4) is 0 Å². The van der Waals surface area contributed by atoms with Crippen LogP contribution >= 0.6 is 0 Å². The highest BCUT2D eigenvalue weighted by molar-refractivity contribution is 5.96. The number of aromatic amines is 1. The van der Waals surface area contributed by atoms with Crippen molar-refractivity contribution >= 4 is 10.9 Å². The molecular weight excluding hydrogens is 210 g/mol. The van der Waals surface area contributed by atoms with Gasteiger partial charge in [-0.05, 0) is 31.5 Å². The Morgan fingerprint density at radius 2 is 1.94 bits per heavy atom. The third-order valence-corrected chi connectivity index (χ3v) is 3.12. The molecule has 1 N–H and O–H groups in total. The lowest BCUT2D eigenvalue weighted by molar-refractivity contribution is 0.548. The fraction of sp³-hybridized carbons (Fsp3) is 0.200. The first kappa shape index (κ1) is 10.2. The normalized spacial score (nSPS) is 11.2. The molecule has 0 unspecified atom stereocenters. The van der Waals surface area contributed by atoms with Gasteiger partial charge >= 0.3 is 0 Å². The first-order valence-corrected chi connectivity index (χ1v) is 5.96. The number of hydrogen-bond donors (Lipinski definition) is 1. The van der Waals surface area contributed by atoms with Crippen LogP contribution in [-0.2, 0) is 6.42 Å². The van der Waals surface area contributed by atoms with Gasteiger partial charge in [-0.25, -0.2) is 0 Å². The van der Waals surface area contributed by atoms with E-state index >= 15 is 0 Å². The molecule has 2 nitrogen and oxygen atoms in total. The number of H-pyrrole nitrogens is 1. The number of furan rings is 1. The summed E-state index contributed by atoms with van der Waals surface area (Å²) in [4.78, 5) is 3.46. The van der Waals surface area contributed by atoms with Gasteiger partial charge in [0.05, 0.1) is 0 Å². The van der Waals surface area contributed by atoms with Crippen LogP contribution in [0.15, 0.2) is 40.8 Å². The molecule has 0 amide bonds.